The molecule has 2 heterocycles. The predicted octanol–water partition coefficient (Wildman–Crippen LogP) is 4.20. The maximum atomic E-state index is 11.8. The van der Waals surface area contributed by atoms with E-state index in [0.29, 0.717) is 11.5 Å². The number of esters is 1. The van der Waals surface area contributed by atoms with Gasteiger partial charge >= 0.3 is 5.97 Å². The van der Waals surface area contributed by atoms with Crippen LogP contribution >= 0.6 is 11.3 Å². The number of benzene rings is 1. The molecule has 1 aromatic carbocycles. The van der Waals surface area contributed by atoms with E-state index < -0.39 is 0 Å². The maximum Gasteiger partial charge on any atom is 0.348 e. The first-order valence-corrected chi connectivity index (χ1v) is 6.89. The van der Waals surface area contributed by atoms with E-state index in [-0.39, 0.29) is 5.97 Å². The van der Waals surface area contributed by atoms with Crippen molar-refractivity contribution >= 4 is 44.4 Å². The van der Waals surface area contributed by atoms with Crippen molar-refractivity contribution in [2.24, 2.45) is 0 Å². The summed E-state index contributed by atoms with van der Waals surface area (Å²) < 4.78 is 6.13. The zero-order valence-electron chi connectivity index (χ0n) is 10.5. The fourth-order valence-electron chi connectivity index (χ4n) is 2.16. The molecular weight excluding hydrogens is 258 g/mol. The molecule has 0 atom stereocenters. The molecule has 1 N–H and O–H groups in total. The van der Waals surface area contributed by atoms with Crippen molar-refractivity contribution in [2.75, 3.05) is 6.61 Å². The molecule has 0 spiro atoms. The Bertz CT molecular complexity index is 782. The number of carbonyl (C=O) groups is 1. The number of rotatable bonds is 3. The fraction of sp³-hybridized carbons (Fsp3) is 0.133. The van der Waals surface area contributed by atoms with Gasteiger partial charge in [-0.3, -0.25) is 0 Å². The Labute approximate surface area is 114 Å². The lowest BCUT2D eigenvalue weighted by Gasteiger charge is -1.95. The van der Waals surface area contributed by atoms with Gasteiger partial charge in [-0.2, -0.15) is 0 Å². The van der Waals surface area contributed by atoms with Gasteiger partial charge in [0.05, 0.1) is 6.61 Å². The molecule has 3 aromatic rings. The molecule has 0 aliphatic carbocycles. The molecule has 0 radical (unpaired) electrons. The molecule has 0 aliphatic heterocycles. The standard InChI is InChI=1S/C15H13NO2S/c1-3-9-7-10-11-8-14(15(17)18-4-2)19-13(11)6-5-12(10)16-9/h3,5-8,16H,1,4H2,2H3. The van der Waals surface area contributed by atoms with Gasteiger partial charge in [0.2, 0.25) is 0 Å². The van der Waals surface area contributed by atoms with E-state index in [1.54, 1.807) is 6.08 Å². The number of aromatic amines is 1. The van der Waals surface area contributed by atoms with E-state index in [9.17, 15) is 4.79 Å². The highest BCUT2D eigenvalue weighted by Gasteiger charge is 2.13. The van der Waals surface area contributed by atoms with Gasteiger partial charge in [-0.05, 0) is 37.3 Å². The predicted molar refractivity (Wildman–Crippen MR) is 79.7 cm³/mol. The first-order valence-electron chi connectivity index (χ1n) is 6.07. The van der Waals surface area contributed by atoms with E-state index in [2.05, 4.69) is 11.6 Å². The van der Waals surface area contributed by atoms with Crippen LogP contribution in [0.3, 0.4) is 0 Å². The van der Waals surface area contributed by atoms with Crippen LogP contribution in [0.1, 0.15) is 22.3 Å². The molecule has 19 heavy (non-hydrogen) atoms. The minimum Gasteiger partial charge on any atom is -0.462 e. The topological polar surface area (TPSA) is 42.1 Å². The first-order chi connectivity index (χ1) is 9.22. The van der Waals surface area contributed by atoms with Gasteiger partial charge in [0.1, 0.15) is 4.88 Å². The summed E-state index contributed by atoms with van der Waals surface area (Å²) in [5.41, 5.74) is 2.03. The number of thiophene rings is 1. The van der Waals surface area contributed by atoms with Crippen molar-refractivity contribution in [2.45, 2.75) is 6.92 Å². The van der Waals surface area contributed by atoms with Crippen LogP contribution in [0.2, 0.25) is 0 Å². The molecule has 3 rings (SSSR count). The normalized spacial score (nSPS) is 11.0. The maximum absolute atomic E-state index is 11.8. The van der Waals surface area contributed by atoms with Crippen molar-refractivity contribution in [3.63, 3.8) is 0 Å². The van der Waals surface area contributed by atoms with E-state index in [1.165, 1.54) is 11.3 Å². The third-order valence-electron chi connectivity index (χ3n) is 3.02. The Kier molecular flexibility index (Phi) is 2.87. The van der Waals surface area contributed by atoms with E-state index in [0.717, 1.165) is 26.7 Å². The van der Waals surface area contributed by atoms with Gasteiger partial charge in [-0.15, -0.1) is 11.3 Å². The van der Waals surface area contributed by atoms with Gasteiger partial charge in [0.25, 0.3) is 0 Å². The van der Waals surface area contributed by atoms with Gasteiger partial charge < -0.3 is 9.72 Å². The smallest absolute Gasteiger partial charge is 0.348 e. The molecule has 0 saturated heterocycles. The number of H-pyrrole nitrogens is 1. The van der Waals surface area contributed by atoms with Gasteiger partial charge in [-0.25, -0.2) is 4.79 Å². The summed E-state index contributed by atoms with van der Waals surface area (Å²) in [6, 6.07) is 8.00. The van der Waals surface area contributed by atoms with E-state index >= 15 is 0 Å². The van der Waals surface area contributed by atoms with Crippen molar-refractivity contribution < 1.29 is 9.53 Å². The first kappa shape index (κ1) is 12.0. The van der Waals surface area contributed by atoms with E-state index in [1.807, 2.05) is 31.2 Å². The molecule has 0 amide bonds. The summed E-state index contributed by atoms with van der Waals surface area (Å²) in [5, 5.41) is 2.19. The summed E-state index contributed by atoms with van der Waals surface area (Å²) >= 11 is 1.46. The third-order valence-corrected chi connectivity index (χ3v) is 4.10. The SMILES string of the molecule is C=Cc1cc2c(ccc3sc(C(=O)OCC)cc32)[nH]1. The minimum atomic E-state index is -0.253. The largest absolute Gasteiger partial charge is 0.462 e. The molecule has 0 bridgehead atoms. The van der Waals surface area contributed by atoms with Crippen molar-refractivity contribution in [3.05, 3.63) is 41.4 Å². The lowest BCUT2D eigenvalue weighted by molar-refractivity contribution is 0.0532. The summed E-state index contributed by atoms with van der Waals surface area (Å²) in [7, 11) is 0. The Morgan fingerprint density at radius 1 is 1.42 bits per heavy atom. The van der Waals surface area contributed by atoms with Crippen molar-refractivity contribution in [1.82, 2.24) is 4.98 Å². The zero-order valence-corrected chi connectivity index (χ0v) is 11.3. The number of nitrogens with one attached hydrogen (secondary N) is 1. The number of ether oxygens (including phenoxy) is 1. The average molecular weight is 271 g/mol. The molecule has 0 aliphatic rings. The van der Waals surface area contributed by atoms with Crippen molar-refractivity contribution in [3.8, 4) is 0 Å². The molecule has 4 heteroatoms. The monoisotopic (exact) mass is 271 g/mol. The summed E-state index contributed by atoms with van der Waals surface area (Å²) in [6.07, 6.45) is 1.78. The second kappa shape index (κ2) is 4.55. The van der Waals surface area contributed by atoms with Crippen LogP contribution in [0.4, 0.5) is 0 Å². The highest BCUT2D eigenvalue weighted by Crippen LogP contribution is 2.33. The quantitative estimate of drug-likeness (QED) is 0.725. The molecule has 0 unspecified atom stereocenters. The van der Waals surface area contributed by atoms with Crippen LogP contribution in [0.15, 0.2) is 30.8 Å². The fourth-order valence-corrected chi connectivity index (χ4v) is 3.13. The Hall–Kier alpha value is -2.07. The zero-order chi connectivity index (χ0) is 13.4. The molecular formula is C15H13NO2S. The van der Waals surface area contributed by atoms with Crippen molar-refractivity contribution in [1.29, 1.82) is 0 Å². The number of hydrogen-bond acceptors (Lipinski definition) is 3. The Morgan fingerprint density at radius 3 is 3.00 bits per heavy atom. The third kappa shape index (κ3) is 1.94. The molecule has 0 saturated carbocycles. The minimum absolute atomic E-state index is 0.253. The van der Waals surface area contributed by atoms with Crippen LogP contribution < -0.4 is 0 Å². The Balaban J connectivity index is 2.21. The lowest BCUT2D eigenvalue weighted by atomic mass is 10.1. The summed E-state index contributed by atoms with van der Waals surface area (Å²) in [4.78, 5) is 15.7. The van der Waals surface area contributed by atoms with Gasteiger partial charge in [0, 0.05) is 26.7 Å². The molecule has 0 fully saturated rings. The van der Waals surface area contributed by atoms with Crippen LogP contribution in [0, 0.1) is 0 Å². The summed E-state index contributed by atoms with van der Waals surface area (Å²) in [6.45, 7) is 5.97. The van der Waals surface area contributed by atoms with E-state index in [4.69, 9.17) is 4.74 Å². The highest BCUT2D eigenvalue weighted by molar-refractivity contribution is 7.20. The summed E-state index contributed by atoms with van der Waals surface area (Å²) in [5.74, 6) is -0.253. The number of hydrogen-bond donors (Lipinski definition) is 1. The van der Waals surface area contributed by atoms with Gasteiger partial charge in [0.15, 0.2) is 0 Å². The number of carbonyl (C=O) groups excluding carboxylic acids is 1. The average Bonchev–Trinajstić information content (AvgIpc) is 3.01. The number of aromatic nitrogens is 1. The number of fused-ring (bicyclic) bond motifs is 3. The molecule has 2 aromatic heterocycles. The van der Waals surface area contributed by atoms with Crippen LogP contribution in [0.25, 0.3) is 27.1 Å². The second-order valence-corrected chi connectivity index (χ2v) is 5.28. The second-order valence-electron chi connectivity index (χ2n) is 4.20. The lowest BCUT2D eigenvalue weighted by Crippen LogP contribution is -2.01. The van der Waals surface area contributed by atoms with Gasteiger partial charge in [-0.1, -0.05) is 6.58 Å². The van der Waals surface area contributed by atoms with Crippen LogP contribution in [-0.2, 0) is 4.74 Å². The Morgan fingerprint density at radius 2 is 2.26 bits per heavy atom. The molecule has 3 nitrogen and oxygen atoms in total. The highest BCUT2D eigenvalue weighted by atomic mass is 32.1. The van der Waals surface area contributed by atoms with Crippen LogP contribution in [0.5, 0.6) is 0 Å². The molecule has 96 valence electrons. The van der Waals surface area contributed by atoms with Crippen LogP contribution in [-0.4, -0.2) is 17.6 Å².